The van der Waals surface area contributed by atoms with E-state index < -0.39 is 0 Å². The summed E-state index contributed by atoms with van der Waals surface area (Å²) in [7, 11) is 0. The van der Waals surface area contributed by atoms with E-state index in [1.165, 1.54) is 54.8 Å². The molecule has 7 aromatic carbocycles. The minimum Gasteiger partial charge on any atom is -0.310 e. The van der Waals surface area contributed by atoms with Crippen molar-refractivity contribution in [3.05, 3.63) is 169 Å². The van der Waals surface area contributed by atoms with Gasteiger partial charge in [0.05, 0.1) is 11.0 Å². The summed E-state index contributed by atoms with van der Waals surface area (Å²) in [4.78, 5) is 2.42. The predicted octanol–water partition coefficient (Wildman–Crippen LogP) is 11.7. The summed E-state index contributed by atoms with van der Waals surface area (Å²) < 4.78 is 2.40. The Morgan fingerprint density at radius 2 is 1.07 bits per heavy atom. The van der Waals surface area contributed by atoms with Gasteiger partial charge in [0.2, 0.25) is 0 Å². The number of nitrogens with zero attached hydrogens (tertiary/aromatic N) is 2. The van der Waals surface area contributed by atoms with Crippen LogP contribution in [-0.2, 0) is 5.41 Å². The summed E-state index contributed by atoms with van der Waals surface area (Å²) in [5, 5.41) is 4.98. The number of hydrogen-bond acceptors (Lipinski definition) is 1. The molecule has 0 saturated carbocycles. The Kier molecular flexibility index (Phi) is 5.58. The molecule has 0 spiro atoms. The molecule has 0 aliphatic heterocycles. The summed E-state index contributed by atoms with van der Waals surface area (Å²) in [6.07, 6.45) is 0. The van der Waals surface area contributed by atoms with Crippen LogP contribution in [0.15, 0.2) is 158 Å². The molecule has 0 amide bonds. The van der Waals surface area contributed by atoms with Crippen molar-refractivity contribution in [1.29, 1.82) is 0 Å². The van der Waals surface area contributed by atoms with E-state index >= 15 is 0 Å². The SMILES string of the molecule is CC1(C)c2ccccc2-c2cc(N(c3ccc4ccccc4c3)c3ccc4c5ccccc5n(-c5ccccc5)c4c3)ccc21. The van der Waals surface area contributed by atoms with Crippen LogP contribution in [0.5, 0.6) is 0 Å². The largest absolute Gasteiger partial charge is 0.310 e. The van der Waals surface area contributed by atoms with Gasteiger partial charge in [-0.25, -0.2) is 0 Å². The highest BCUT2D eigenvalue weighted by Crippen LogP contribution is 2.51. The van der Waals surface area contributed by atoms with Crippen LogP contribution < -0.4 is 4.90 Å². The van der Waals surface area contributed by atoms with E-state index in [2.05, 4.69) is 181 Å². The molecule has 214 valence electrons. The molecule has 0 atom stereocenters. The topological polar surface area (TPSA) is 8.17 Å². The van der Waals surface area contributed by atoms with E-state index in [-0.39, 0.29) is 5.41 Å². The maximum Gasteiger partial charge on any atom is 0.0561 e. The summed E-state index contributed by atoms with van der Waals surface area (Å²) in [6, 6.07) is 57.7. The fourth-order valence-corrected chi connectivity index (χ4v) is 7.56. The number of rotatable bonds is 4. The third-order valence-corrected chi connectivity index (χ3v) is 9.75. The van der Waals surface area contributed by atoms with Crippen molar-refractivity contribution in [3.8, 4) is 16.8 Å². The Balaban J connectivity index is 1.31. The van der Waals surface area contributed by atoms with Gasteiger partial charge in [-0.2, -0.15) is 0 Å². The third-order valence-electron chi connectivity index (χ3n) is 9.75. The summed E-state index contributed by atoms with van der Waals surface area (Å²) in [6.45, 7) is 4.68. The van der Waals surface area contributed by atoms with Gasteiger partial charge in [0.15, 0.2) is 0 Å². The number of para-hydroxylation sites is 2. The first-order chi connectivity index (χ1) is 22.1. The fourth-order valence-electron chi connectivity index (χ4n) is 7.56. The van der Waals surface area contributed by atoms with Crippen molar-refractivity contribution in [2.24, 2.45) is 0 Å². The highest BCUT2D eigenvalue weighted by atomic mass is 15.1. The molecule has 0 fully saturated rings. The van der Waals surface area contributed by atoms with E-state index in [1.807, 2.05) is 0 Å². The first-order valence-electron chi connectivity index (χ1n) is 15.7. The van der Waals surface area contributed by atoms with E-state index in [9.17, 15) is 0 Å². The predicted molar refractivity (Wildman–Crippen MR) is 191 cm³/mol. The molecule has 1 heterocycles. The van der Waals surface area contributed by atoms with E-state index in [0.29, 0.717) is 0 Å². The molecule has 1 aliphatic rings. The summed E-state index contributed by atoms with van der Waals surface area (Å²) in [5.74, 6) is 0. The normalized spacial score (nSPS) is 13.3. The lowest BCUT2D eigenvalue weighted by Gasteiger charge is -2.27. The van der Waals surface area contributed by atoms with Crippen LogP contribution in [0.25, 0.3) is 49.4 Å². The maximum atomic E-state index is 2.42. The summed E-state index contributed by atoms with van der Waals surface area (Å²) >= 11 is 0. The quantitative estimate of drug-likeness (QED) is 0.202. The molecule has 1 aromatic heterocycles. The second-order valence-electron chi connectivity index (χ2n) is 12.7. The Labute approximate surface area is 263 Å². The van der Waals surface area contributed by atoms with Crippen molar-refractivity contribution in [2.75, 3.05) is 4.90 Å². The Morgan fingerprint density at radius 3 is 1.96 bits per heavy atom. The summed E-state index contributed by atoms with van der Waals surface area (Å²) in [5.41, 5.74) is 12.4. The average Bonchev–Trinajstić information content (AvgIpc) is 3.53. The minimum atomic E-state index is -0.0340. The van der Waals surface area contributed by atoms with Crippen molar-refractivity contribution in [2.45, 2.75) is 19.3 Å². The van der Waals surface area contributed by atoms with Gasteiger partial charge in [0.25, 0.3) is 0 Å². The van der Waals surface area contributed by atoms with Gasteiger partial charge in [-0.3, -0.25) is 0 Å². The molecule has 45 heavy (non-hydrogen) atoms. The van der Waals surface area contributed by atoms with Crippen LogP contribution in [0, 0.1) is 0 Å². The molecule has 1 aliphatic carbocycles. The second-order valence-corrected chi connectivity index (χ2v) is 12.7. The van der Waals surface area contributed by atoms with Crippen molar-refractivity contribution in [1.82, 2.24) is 4.57 Å². The molecule has 2 heteroatoms. The van der Waals surface area contributed by atoms with Crippen LogP contribution in [0.3, 0.4) is 0 Å². The van der Waals surface area contributed by atoms with E-state index in [0.717, 1.165) is 22.7 Å². The molecule has 0 unspecified atom stereocenters. The number of benzene rings is 7. The Hall–Kier alpha value is -5.60. The van der Waals surface area contributed by atoms with Crippen LogP contribution in [0.4, 0.5) is 17.1 Å². The molecule has 8 aromatic rings. The van der Waals surface area contributed by atoms with Crippen LogP contribution in [0.1, 0.15) is 25.0 Å². The molecule has 9 rings (SSSR count). The lowest BCUT2D eigenvalue weighted by molar-refractivity contribution is 0.660. The number of hydrogen-bond donors (Lipinski definition) is 0. The van der Waals surface area contributed by atoms with Crippen LogP contribution >= 0.6 is 0 Å². The number of fused-ring (bicyclic) bond motifs is 7. The van der Waals surface area contributed by atoms with Crippen molar-refractivity contribution in [3.63, 3.8) is 0 Å². The molecule has 2 nitrogen and oxygen atoms in total. The molecular formula is C43H32N2. The highest BCUT2D eigenvalue weighted by molar-refractivity contribution is 6.10. The first-order valence-corrected chi connectivity index (χ1v) is 15.7. The molecule has 0 radical (unpaired) electrons. The van der Waals surface area contributed by atoms with Gasteiger partial charge >= 0.3 is 0 Å². The smallest absolute Gasteiger partial charge is 0.0561 e. The zero-order chi connectivity index (χ0) is 30.1. The van der Waals surface area contributed by atoms with Gasteiger partial charge in [0.1, 0.15) is 0 Å². The van der Waals surface area contributed by atoms with E-state index in [4.69, 9.17) is 0 Å². The molecular weight excluding hydrogens is 544 g/mol. The van der Waals surface area contributed by atoms with Crippen LogP contribution in [-0.4, -0.2) is 4.57 Å². The first kappa shape index (κ1) is 25.9. The third kappa shape index (κ3) is 3.89. The number of anilines is 3. The minimum absolute atomic E-state index is 0.0340. The molecule has 0 N–H and O–H groups in total. The lowest BCUT2D eigenvalue weighted by Crippen LogP contribution is -2.15. The average molecular weight is 577 g/mol. The van der Waals surface area contributed by atoms with Gasteiger partial charge in [-0.1, -0.05) is 117 Å². The second kappa shape index (κ2) is 9.70. The monoisotopic (exact) mass is 576 g/mol. The maximum absolute atomic E-state index is 2.42. The molecule has 0 bridgehead atoms. The molecule has 0 saturated heterocycles. The zero-order valence-electron chi connectivity index (χ0n) is 25.4. The van der Waals surface area contributed by atoms with Gasteiger partial charge in [-0.05, 0) is 87.6 Å². The Morgan fingerprint density at radius 1 is 0.444 bits per heavy atom. The fraction of sp³-hybridized carbons (Fsp3) is 0.0698. The van der Waals surface area contributed by atoms with Crippen molar-refractivity contribution < 1.29 is 0 Å². The van der Waals surface area contributed by atoms with Gasteiger partial charge < -0.3 is 9.47 Å². The zero-order valence-corrected chi connectivity index (χ0v) is 25.4. The van der Waals surface area contributed by atoms with Gasteiger partial charge in [0, 0.05) is 38.9 Å². The van der Waals surface area contributed by atoms with Crippen molar-refractivity contribution >= 4 is 49.6 Å². The van der Waals surface area contributed by atoms with Gasteiger partial charge in [-0.15, -0.1) is 0 Å². The number of aromatic nitrogens is 1. The Bertz CT molecular complexity index is 2410. The van der Waals surface area contributed by atoms with Crippen LogP contribution in [0.2, 0.25) is 0 Å². The standard InChI is InChI=1S/C43H32N2/c1-43(2)39-18-10-8-16-35(39)38-27-33(23-25-40(38)43)44(32-21-20-29-12-6-7-13-30(29)26-32)34-22-24-37-36-17-9-11-19-41(36)45(42(37)28-34)31-14-4-3-5-15-31/h3-28H,1-2H3. The lowest BCUT2D eigenvalue weighted by atomic mass is 9.82. The highest BCUT2D eigenvalue weighted by Gasteiger charge is 2.35. The van der Waals surface area contributed by atoms with E-state index in [1.54, 1.807) is 0 Å².